The Hall–Kier alpha value is -0.610. The minimum absolute atomic E-state index is 0.0124. The predicted molar refractivity (Wildman–Crippen MR) is 61.7 cm³/mol. The Balaban J connectivity index is 3.62. The van der Waals surface area contributed by atoms with Gasteiger partial charge in [0.1, 0.15) is 0 Å². The fraction of sp³-hybridized carbons (Fsp3) is 0.909. The van der Waals surface area contributed by atoms with Crippen LogP contribution < -0.4 is 10.6 Å². The van der Waals surface area contributed by atoms with E-state index in [1.165, 1.54) is 0 Å². The Morgan fingerprint density at radius 1 is 1.40 bits per heavy atom. The van der Waals surface area contributed by atoms with Gasteiger partial charge in [-0.05, 0) is 40.5 Å². The highest BCUT2D eigenvalue weighted by atomic mass is 16.2. The van der Waals surface area contributed by atoms with Crippen molar-refractivity contribution in [2.75, 3.05) is 13.2 Å². The number of hydrogen-bond donors (Lipinski definition) is 3. The van der Waals surface area contributed by atoms with Crippen LogP contribution in [-0.2, 0) is 4.79 Å². The summed E-state index contributed by atoms with van der Waals surface area (Å²) in [4.78, 5) is 11.4. The lowest BCUT2D eigenvalue weighted by Gasteiger charge is -2.21. The van der Waals surface area contributed by atoms with Crippen molar-refractivity contribution in [1.29, 1.82) is 0 Å². The first-order chi connectivity index (χ1) is 6.85. The molecule has 0 aromatic carbocycles. The molecule has 0 saturated carbocycles. The van der Waals surface area contributed by atoms with Gasteiger partial charge in [0, 0.05) is 18.2 Å². The zero-order valence-electron chi connectivity index (χ0n) is 10.3. The van der Waals surface area contributed by atoms with E-state index in [4.69, 9.17) is 5.11 Å². The minimum Gasteiger partial charge on any atom is -0.396 e. The van der Waals surface area contributed by atoms with Crippen LogP contribution in [0.4, 0.5) is 0 Å². The molecule has 0 aliphatic rings. The van der Waals surface area contributed by atoms with Crippen LogP contribution >= 0.6 is 0 Å². The van der Waals surface area contributed by atoms with Crippen LogP contribution in [0.15, 0.2) is 0 Å². The Morgan fingerprint density at radius 3 is 2.47 bits per heavy atom. The van der Waals surface area contributed by atoms with E-state index in [1.807, 2.05) is 27.7 Å². The van der Waals surface area contributed by atoms with Gasteiger partial charge >= 0.3 is 0 Å². The predicted octanol–water partition coefficient (Wildman–Crippen LogP) is 0.652. The highest BCUT2D eigenvalue weighted by Crippen LogP contribution is 1.98. The van der Waals surface area contributed by atoms with Gasteiger partial charge in [0.2, 0.25) is 5.91 Å². The van der Waals surface area contributed by atoms with Crippen molar-refractivity contribution in [3.05, 3.63) is 0 Å². The molecular weight excluding hydrogens is 192 g/mol. The van der Waals surface area contributed by atoms with Gasteiger partial charge in [-0.1, -0.05) is 0 Å². The number of carbonyl (C=O) groups is 1. The van der Waals surface area contributed by atoms with Gasteiger partial charge in [-0.15, -0.1) is 0 Å². The van der Waals surface area contributed by atoms with E-state index in [0.717, 1.165) is 12.8 Å². The highest BCUT2D eigenvalue weighted by molar-refractivity contribution is 5.78. The van der Waals surface area contributed by atoms with Gasteiger partial charge in [-0.25, -0.2) is 0 Å². The van der Waals surface area contributed by atoms with Crippen LogP contribution in [-0.4, -0.2) is 35.7 Å². The fourth-order valence-electron chi connectivity index (χ4n) is 1.23. The standard InChI is InChI=1S/C11H24N2O2/c1-9(6-5-7-14)12-8-10(15)13-11(2,3)4/h9,12,14H,5-8H2,1-4H3,(H,13,15). The Morgan fingerprint density at radius 2 is 2.00 bits per heavy atom. The molecule has 0 aromatic rings. The molecule has 0 aliphatic heterocycles. The third-order valence-corrected chi connectivity index (χ3v) is 1.92. The van der Waals surface area contributed by atoms with Crippen LogP contribution in [0.2, 0.25) is 0 Å². The summed E-state index contributed by atoms with van der Waals surface area (Å²) >= 11 is 0. The number of aliphatic hydroxyl groups excluding tert-OH is 1. The summed E-state index contributed by atoms with van der Waals surface area (Å²) < 4.78 is 0. The van der Waals surface area contributed by atoms with Crippen molar-refractivity contribution >= 4 is 5.91 Å². The number of aliphatic hydroxyl groups is 1. The van der Waals surface area contributed by atoms with Gasteiger partial charge in [-0.3, -0.25) is 4.79 Å². The quantitative estimate of drug-likeness (QED) is 0.611. The van der Waals surface area contributed by atoms with Crippen LogP contribution in [0.3, 0.4) is 0 Å². The first kappa shape index (κ1) is 14.4. The maximum Gasteiger partial charge on any atom is 0.234 e. The Bertz CT molecular complexity index is 188. The lowest BCUT2D eigenvalue weighted by molar-refractivity contribution is -0.121. The summed E-state index contributed by atoms with van der Waals surface area (Å²) in [6.45, 7) is 8.43. The van der Waals surface area contributed by atoms with Gasteiger partial charge in [0.05, 0.1) is 6.54 Å². The molecule has 90 valence electrons. The molecule has 4 nitrogen and oxygen atoms in total. The maximum atomic E-state index is 11.4. The van der Waals surface area contributed by atoms with Gasteiger partial charge in [0.15, 0.2) is 0 Å². The van der Waals surface area contributed by atoms with E-state index in [-0.39, 0.29) is 24.1 Å². The second-order valence-electron chi connectivity index (χ2n) is 4.95. The molecule has 15 heavy (non-hydrogen) atoms. The maximum absolute atomic E-state index is 11.4. The average molecular weight is 216 g/mol. The number of amides is 1. The molecule has 0 bridgehead atoms. The Kier molecular flexibility index (Phi) is 6.52. The molecular formula is C11H24N2O2. The second kappa shape index (κ2) is 6.80. The molecule has 1 amide bonds. The zero-order valence-corrected chi connectivity index (χ0v) is 10.3. The molecule has 0 rings (SSSR count). The lowest BCUT2D eigenvalue weighted by atomic mass is 10.1. The highest BCUT2D eigenvalue weighted by Gasteiger charge is 2.13. The third kappa shape index (κ3) is 9.69. The normalized spacial score (nSPS) is 13.7. The number of rotatable bonds is 6. The molecule has 0 saturated heterocycles. The number of hydrogen-bond acceptors (Lipinski definition) is 3. The zero-order chi connectivity index (χ0) is 11.9. The van der Waals surface area contributed by atoms with Crippen LogP contribution in [0.5, 0.6) is 0 Å². The van der Waals surface area contributed by atoms with Crippen LogP contribution in [0, 0.1) is 0 Å². The van der Waals surface area contributed by atoms with Crippen LogP contribution in [0.25, 0.3) is 0 Å². The molecule has 3 N–H and O–H groups in total. The molecule has 4 heteroatoms. The first-order valence-corrected chi connectivity index (χ1v) is 5.50. The smallest absolute Gasteiger partial charge is 0.234 e. The fourth-order valence-corrected chi connectivity index (χ4v) is 1.23. The summed E-state index contributed by atoms with van der Waals surface area (Å²) in [6, 6.07) is 0.267. The number of carbonyl (C=O) groups excluding carboxylic acids is 1. The van der Waals surface area contributed by atoms with Crippen molar-refractivity contribution in [2.45, 2.75) is 52.1 Å². The average Bonchev–Trinajstić information content (AvgIpc) is 2.08. The van der Waals surface area contributed by atoms with Crippen molar-refractivity contribution < 1.29 is 9.90 Å². The minimum atomic E-state index is -0.174. The van der Waals surface area contributed by atoms with Crippen LogP contribution in [0.1, 0.15) is 40.5 Å². The molecule has 0 spiro atoms. The van der Waals surface area contributed by atoms with E-state index < -0.39 is 0 Å². The molecule has 0 fully saturated rings. The Labute approximate surface area is 92.4 Å². The van der Waals surface area contributed by atoms with E-state index >= 15 is 0 Å². The molecule has 0 radical (unpaired) electrons. The third-order valence-electron chi connectivity index (χ3n) is 1.92. The number of nitrogens with one attached hydrogen (secondary N) is 2. The summed E-state index contributed by atoms with van der Waals surface area (Å²) in [5.74, 6) is 0.0124. The van der Waals surface area contributed by atoms with E-state index in [1.54, 1.807) is 0 Å². The molecule has 1 atom stereocenters. The van der Waals surface area contributed by atoms with Crippen molar-refractivity contribution in [2.24, 2.45) is 0 Å². The summed E-state index contributed by atoms with van der Waals surface area (Å²) in [5.41, 5.74) is -0.174. The van der Waals surface area contributed by atoms with Crippen molar-refractivity contribution in [1.82, 2.24) is 10.6 Å². The van der Waals surface area contributed by atoms with E-state index in [9.17, 15) is 4.79 Å². The van der Waals surface area contributed by atoms with Crippen molar-refractivity contribution in [3.63, 3.8) is 0 Å². The lowest BCUT2D eigenvalue weighted by Crippen LogP contribution is -2.46. The van der Waals surface area contributed by atoms with E-state index in [0.29, 0.717) is 6.54 Å². The van der Waals surface area contributed by atoms with Gasteiger partial charge in [0.25, 0.3) is 0 Å². The van der Waals surface area contributed by atoms with E-state index in [2.05, 4.69) is 10.6 Å². The monoisotopic (exact) mass is 216 g/mol. The largest absolute Gasteiger partial charge is 0.396 e. The first-order valence-electron chi connectivity index (χ1n) is 5.50. The van der Waals surface area contributed by atoms with Gasteiger partial charge < -0.3 is 15.7 Å². The summed E-state index contributed by atoms with van der Waals surface area (Å²) in [6.07, 6.45) is 1.66. The SMILES string of the molecule is CC(CCCO)NCC(=O)NC(C)(C)C. The second-order valence-corrected chi connectivity index (χ2v) is 4.95. The molecule has 0 heterocycles. The molecule has 1 unspecified atom stereocenters. The summed E-state index contributed by atoms with van der Waals surface area (Å²) in [7, 11) is 0. The molecule has 0 aromatic heterocycles. The van der Waals surface area contributed by atoms with Crippen molar-refractivity contribution in [3.8, 4) is 0 Å². The molecule has 0 aliphatic carbocycles. The summed E-state index contributed by atoms with van der Waals surface area (Å²) in [5, 5.41) is 14.6. The van der Waals surface area contributed by atoms with Gasteiger partial charge in [-0.2, -0.15) is 0 Å². The topological polar surface area (TPSA) is 61.4 Å².